The van der Waals surface area contributed by atoms with Crippen LogP contribution in [-0.4, -0.2) is 24.9 Å². The van der Waals surface area contributed by atoms with E-state index in [0.717, 1.165) is 33.3 Å². The fourth-order valence-corrected chi connectivity index (χ4v) is 5.60. The van der Waals surface area contributed by atoms with Crippen molar-refractivity contribution < 1.29 is 8.83 Å². The monoisotopic (exact) mass is 536 g/mol. The summed E-state index contributed by atoms with van der Waals surface area (Å²) >= 11 is 12.0. The molecule has 2 aromatic heterocycles. The molecule has 4 nitrogen and oxygen atoms in total. The third-order valence-corrected chi connectivity index (χ3v) is 7.70. The Morgan fingerprint density at radius 3 is 1.39 bits per heavy atom. The molecule has 0 amide bonds. The van der Waals surface area contributed by atoms with Gasteiger partial charge in [0.25, 0.3) is 0 Å². The second-order valence-electron chi connectivity index (χ2n) is 7.41. The average Bonchev–Trinajstić information content (AvgIpc) is 3.44. The van der Waals surface area contributed by atoms with E-state index in [1.54, 1.807) is 0 Å². The maximum atomic E-state index is 6.02. The van der Waals surface area contributed by atoms with Gasteiger partial charge in [-0.05, 0) is 0 Å². The molecule has 160 valence electrons. The molecule has 33 heavy (non-hydrogen) atoms. The topological polar surface area (TPSA) is 52.1 Å². The van der Waals surface area contributed by atoms with Gasteiger partial charge in [-0.2, -0.15) is 0 Å². The molecule has 0 aliphatic rings. The molecule has 0 fully saturated rings. The summed E-state index contributed by atoms with van der Waals surface area (Å²) in [7, 11) is 0. The molecule has 4 aromatic carbocycles. The van der Waals surface area contributed by atoms with E-state index in [2.05, 4.69) is 34.2 Å². The molecule has 0 radical (unpaired) electrons. The predicted molar refractivity (Wildman–Crippen MR) is 134 cm³/mol. The summed E-state index contributed by atoms with van der Waals surface area (Å²) < 4.78 is 14.4. The van der Waals surface area contributed by atoms with Crippen LogP contribution in [0.3, 0.4) is 0 Å². The van der Waals surface area contributed by atoms with Crippen LogP contribution < -0.4 is 8.92 Å². The van der Waals surface area contributed by atoms with Crippen LogP contribution in [0.4, 0.5) is 0 Å². The van der Waals surface area contributed by atoms with E-state index in [1.807, 2.05) is 60.7 Å². The Labute approximate surface area is 205 Å². The third-order valence-electron chi connectivity index (χ3n) is 5.14. The van der Waals surface area contributed by atoms with E-state index in [4.69, 9.17) is 32.0 Å². The summed E-state index contributed by atoms with van der Waals surface area (Å²) in [6.45, 7) is 0. The molecule has 6 aromatic rings. The van der Waals surface area contributed by atoms with Crippen molar-refractivity contribution in [3.8, 4) is 22.9 Å². The summed E-state index contributed by atoms with van der Waals surface area (Å²) in [4.78, 5) is 9.21. The van der Waals surface area contributed by atoms with Crippen molar-refractivity contribution in [2.75, 3.05) is 0 Å². The number of nitrogens with zero attached hydrogens (tertiary/aromatic N) is 2. The zero-order valence-corrected chi connectivity index (χ0v) is 20.2. The Bertz CT molecular complexity index is 1480. The molecular weight excluding hydrogens is 522 g/mol. The van der Waals surface area contributed by atoms with Crippen LogP contribution in [0.25, 0.3) is 45.1 Å². The molecule has 0 unspecified atom stereocenters. The zero-order valence-electron chi connectivity index (χ0n) is 17.0. The molecule has 0 aliphatic heterocycles. The first kappa shape index (κ1) is 20.5. The van der Waals surface area contributed by atoms with Crippen molar-refractivity contribution >= 4 is 69.3 Å². The van der Waals surface area contributed by atoms with Crippen LogP contribution >= 0.6 is 23.2 Å². The van der Waals surface area contributed by atoms with Gasteiger partial charge in [0.2, 0.25) is 0 Å². The summed E-state index contributed by atoms with van der Waals surface area (Å²) in [5.41, 5.74) is 5.00. The summed E-state index contributed by atoms with van der Waals surface area (Å²) in [5, 5.41) is 1.37. The Kier molecular flexibility index (Phi) is 5.20. The van der Waals surface area contributed by atoms with E-state index >= 15 is 0 Å². The molecule has 0 aliphatic carbocycles. The molecule has 0 spiro atoms. The van der Waals surface area contributed by atoms with Gasteiger partial charge in [-0.25, -0.2) is 0 Å². The van der Waals surface area contributed by atoms with Crippen LogP contribution in [-0.2, 0) is 0 Å². The van der Waals surface area contributed by atoms with Crippen LogP contribution in [0.1, 0.15) is 0 Å². The number of benzene rings is 4. The first-order valence-electron chi connectivity index (χ1n) is 10.1. The quantitative estimate of drug-likeness (QED) is 0.250. The summed E-state index contributed by atoms with van der Waals surface area (Å²) in [5.74, 6) is 1.17. The van der Waals surface area contributed by atoms with Crippen molar-refractivity contribution in [1.29, 1.82) is 0 Å². The van der Waals surface area contributed by atoms with Crippen LogP contribution in [0.2, 0.25) is 10.0 Å². The minimum atomic E-state index is 0.0723. The van der Waals surface area contributed by atoms with Crippen LogP contribution in [0, 0.1) is 0 Å². The molecule has 0 bridgehead atoms. The van der Waals surface area contributed by atoms with Crippen molar-refractivity contribution in [2.45, 2.75) is 0 Å². The van der Waals surface area contributed by atoms with Gasteiger partial charge in [-0.1, -0.05) is 0 Å². The van der Waals surface area contributed by atoms with Crippen LogP contribution in [0.15, 0.2) is 93.8 Å². The third kappa shape index (κ3) is 4.17. The van der Waals surface area contributed by atoms with E-state index in [9.17, 15) is 0 Å². The predicted octanol–water partition coefficient (Wildman–Crippen LogP) is 6.26. The Hall–Kier alpha value is -3.08. The number of halogens is 2. The number of hydrogen-bond donors (Lipinski definition) is 0. The molecular formula is C26H14Cl2N2O2Se. The van der Waals surface area contributed by atoms with Gasteiger partial charge in [-0.3, -0.25) is 0 Å². The molecule has 0 saturated heterocycles. The fourth-order valence-electron chi connectivity index (χ4n) is 3.50. The second kappa shape index (κ2) is 8.36. The van der Waals surface area contributed by atoms with E-state index < -0.39 is 0 Å². The van der Waals surface area contributed by atoms with Crippen molar-refractivity contribution in [3.05, 3.63) is 95.0 Å². The Balaban J connectivity index is 1.28. The van der Waals surface area contributed by atoms with E-state index in [-0.39, 0.29) is 15.0 Å². The van der Waals surface area contributed by atoms with E-state index in [0.29, 0.717) is 21.8 Å². The molecule has 0 N–H and O–H groups in total. The standard InChI is InChI=1S/C26H14Cl2N2O2Se/c27-17-5-1-15(2-6-17)25-29-21-11-9-19(13-23(21)31-25)33-20-10-12-22-24(14-20)32-26(30-22)16-3-7-18(28)8-4-16/h1-14H. The number of hydrogen-bond acceptors (Lipinski definition) is 4. The number of fused-ring (bicyclic) bond motifs is 2. The normalized spacial score (nSPS) is 11.5. The minimum absolute atomic E-state index is 0.0723. The first-order chi connectivity index (χ1) is 16.1. The van der Waals surface area contributed by atoms with Crippen molar-refractivity contribution in [1.82, 2.24) is 9.97 Å². The Morgan fingerprint density at radius 1 is 0.545 bits per heavy atom. The number of rotatable bonds is 4. The van der Waals surface area contributed by atoms with E-state index in [1.165, 1.54) is 8.92 Å². The van der Waals surface area contributed by atoms with Gasteiger partial charge >= 0.3 is 206 Å². The fraction of sp³-hybridized carbons (Fsp3) is 0. The first-order valence-corrected chi connectivity index (χ1v) is 12.6. The van der Waals surface area contributed by atoms with Gasteiger partial charge < -0.3 is 0 Å². The molecule has 0 saturated carbocycles. The molecule has 6 rings (SSSR count). The van der Waals surface area contributed by atoms with Gasteiger partial charge in [0, 0.05) is 0 Å². The SMILES string of the molecule is Clc1ccc(-c2nc3ccc([Se]c4ccc5nc(-c6ccc(Cl)cc6)oc5c4)cc3o2)cc1. The molecule has 7 heteroatoms. The zero-order chi connectivity index (χ0) is 22.4. The number of oxazole rings is 2. The number of aromatic nitrogens is 2. The Morgan fingerprint density at radius 2 is 0.970 bits per heavy atom. The van der Waals surface area contributed by atoms with Crippen molar-refractivity contribution in [2.24, 2.45) is 0 Å². The second-order valence-corrected chi connectivity index (χ2v) is 10.7. The van der Waals surface area contributed by atoms with Gasteiger partial charge in [0.05, 0.1) is 0 Å². The van der Waals surface area contributed by atoms with Gasteiger partial charge in [0.15, 0.2) is 0 Å². The summed E-state index contributed by atoms with van der Waals surface area (Å²) in [6.07, 6.45) is 0. The molecule has 2 heterocycles. The van der Waals surface area contributed by atoms with Gasteiger partial charge in [-0.15, -0.1) is 0 Å². The average molecular weight is 536 g/mol. The van der Waals surface area contributed by atoms with Gasteiger partial charge in [0.1, 0.15) is 0 Å². The van der Waals surface area contributed by atoms with Crippen LogP contribution in [0.5, 0.6) is 0 Å². The van der Waals surface area contributed by atoms with Crippen molar-refractivity contribution in [3.63, 3.8) is 0 Å². The summed E-state index contributed by atoms with van der Waals surface area (Å²) in [6, 6.07) is 27.3. The molecule has 0 atom stereocenters. The maximum absolute atomic E-state index is 6.02.